The molecule has 0 aromatic heterocycles. The van der Waals surface area contributed by atoms with Crippen LogP contribution in [0, 0.1) is 0 Å². The van der Waals surface area contributed by atoms with E-state index in [0.717, 1.165) is 12.8 Å². The minimum atomic E-state index is -1.45. The molecule has 1 aliphatic rings. The Morgan fingerprint density at radius 2 is 2.07 bits per heavy atom. The summed E-state index contributed by atoms with van der Waals surface area (Å²) in [6, 6.07) is 0. The molecule has 0 radical (unpaired) electrons. The van der Waals surface area contributed by atoms with Crippen molar-refractivity contribution >= 4 is 14.0 Å². The van der Waals surface area contributed by atoms with Gasteiger partial charge in [-0.15, -0.1) is 0 Å². The fraction of sp³-hybridized carbons (Fsp3) is 0.909. The lowest BCUT2D eigenvalue weighted by atomic mass is 10.1. The van der Waals surface area contributed by atoms with Crippen molar-refractivity contribution in [2.75, 3.05) is 0 Å². The molecule has 0 amide bonds. The maximum absolute atomic E-state index is 10.9. The SMILES string of the molecule is CC1CCC(C(CC(=O)O)[Si](C)(C)C)O1. The fourth-order valence-electron chi connectivity index (χ4n) is 2.31. The monoisotopic (exact) mass is 230 g/mol. The highest BCUT2D eigenvalue weighted by Gasteiger charge is 2.39. The molecule has 1 N–H and O–H groups in total. The van der Waals surface area contributed by atoms with Crippen LogP contribution >= 0.6 is 0 Å². The third-order valence-electron chi connectivity index (χ3n) is 3.22. The highest BCUT2D eigenvalue weighted by Crippen LogP contribution is 2.37. The average molecular weight is 230 g/mol. The van der Waals surface area contributed by atoms with Gasteiger partial charge >= 0.3 is 5.97 Å². The van der Waals surface area contributed by atoms with Gasteiger partial charge in [0.2, 0.25) is 0 Å². The normalized spacial score (nSPS) is 29.1. The van der Waals surface area contributed by atoms with E-state index >= 15 is 0 Å². The van der Waals surface area contributed by atoms with E-state index < -0.39 is 14.0 Å². The smallest absolute Gasteiger partial charge is 0.303 e. The van der Waals surface area contributed by atoms with E-state index in [1.54, 1.807) is 0 Å². The molecule has 0 aliphatic carbocycles. The van der Waals surface area contributed by atoms with Crippen molar-refractivity contribution in [3.8, 4) is 0 Å². The summed E-state index contributed by atoms with van der Waals surface area (Å²) in [6.07, 6.45) is 2.87. The van der Waals surface area contributed by atoms with Gasteiger partial charge in [-0.3, -0.25) is 4.79 Å². The molecule has 0 spiro atoms. The van der Waals surface area contributed by atoms with E-state index in [0.29, 0.717) is 6.10 Å². The second-order valence-electron chi connectivity index (χ2n) is 5.63. The first kappa shape index (κ1) is 12.7. The molecule has 3 unspecified atom stereocenters. The number of aliphatic carboxylic acids is 1. The van der Waals surface area contributed by atoms with Crippen molar-refractivity contribution < 1.29 is 14.6 Å². The molecule has 1 aliphatic heterocycles. The van der Waals surface area contributed by atoms with E-state index in [1.165, 1.54) is 0 Å². The zero-order chi connectivity index (χ0) is 11.6. The maximum Gasteiger partial charge on any atom is 0.303 e. The van der Waals surface area contributed by atoms with E-state index in [-0.39, 0.29) is 18.1 Å². The summed E-state index contributed by atoms with van der Waals surface area (Å²) in [5.74, 6) is -0.689. The van der Waals surface area contributed by atoms with Gasteiger partial charge in [0, 0.05) is 6.42 Å². The molecule has 0 aromatic carbocycles. The number of carboxylic acids is 1. The first-order valence-corrected chi connectivity index (χ1v) is 9.25. The van der Waals surface area contributed by atoms with Gasteiger partial charge in [0.05, 0.1) is 20.3 Å². The first-order valence-electron chi connectivity index (χ1n) is 5.68. The lowest BCUT2D eigenvalue weighted by Gasteiger charge is -2.32. The Bertz CT molecular complexity index is 234. The summed E-state index contributed by atoms with van der Waals surface area (Å²) in [5.41, 5.74) is 0.250. The van der Waals surface area contributed by atoms with Gasteiger partial charge in [-0.1, -0.05) is 19.6 Å². The summed E-state index contributed by atoms with van der Waals surface area (Å²) in [6.45, 7) is 8.76. The van der Waals surface area contributed by atoms with Crippen molar-refractivity contribution in [2.45, 2.75) is 63.6 Å². The van der Waals surface area contributed by atoms with Gasteiger partial charge in [-0.2, -0.15) is 0 Å². The van der Waals surface area contributed by atoms with Crippen LogP contribution in [0.5, 0.6) is 0 Å². The second kappa shape index (κ2) is 4.66. The first-order chi connectivity index (χ1) is 6.80. The van der Waals surface area contributed by atoms with E-state index in [1.807, 2.05) is 0 Å². The van der Waals surface area contributed by atoms with E-state index in [2.05, 4.69) is 26.6 Å². The molecular formula is C11H22O3Si. The molecule has 0 bridgehead atoms. The lowest BCUT2D eigenvalue weighted by molar-refractivity contribution is -0.137. The zero-order valence-corrected chi connectivity index (χ0v) is 11.1. The molecule has 88 valence electrons. The van der Waals surface area contributed by atoms with Gasteiger partial charge < -0.3 is 9.84 Å². The molecule has 1 saturated heterocycles. The Hall–Kier alpha value is -0.353. The standard InChI is InChI=1S/C11H22O3Si/c1-8-5-6-9(14-8)10(7-11(12)13)15(2,3)4/h8-10H,5-7H2,1-4H3,(H,12,13). The van der Waals surface area contributed by atoms with Crippen LogP contribution in [0.4, 0.5) is 0 Å². The Morgan fingerprint density at radius 1 is 1.47 bits per heavy atom. The summed E-state index contributed by atoms with van der Waals surface area (Å²) in [4.78, 5) is 10.9. The molecular weight excluding hydrogens is 208 g/mol. The van der Waals surface area contributed by atoms with Crippen LogP contribution in [0.15, 0.2) is 0 Å². The number of rotatable bonds is 4. The van der Waals surface area contributed by atoms with Gasteiger partial charge in [-0.25, -0.2) is 0 Å². The van der Waals surface area contributed by atoms with Crippen LogP contribution < -0.4 is 0 Å². The van der Waals surface area contributed by atoms with Crippen LogP contribution in [0.2, 0.25) is 25.2 Å². The average Bonchev–Trinajstić information content (AvgIpc) is 2.45. The summed E-state index contributed by atoms with van der Waals surface area (Å²) in [7, 11) is -1.45. The highest BCUT2D eigenvalue weighted by molar-refractivity contribution is 6.77. The fourth-order valence-corrected chi connectivity index (χ4v) is 4.46. The predicted octanol–water partition coefficient (Wildman–Crippen LogP) is 2.74. The third kappa shape index (κ3) is 3.61. The number of hydrogen-bond acceptors (Lipinski definition) is 2. The molecule has 15 heavy (non-hydrogen) atoms. The number of ether oxygens (including phenoxy) is 1. The molecule has 3 atom stereocenters. The lowest BCUT2D eigenvalue weighted by Crippen LogP contribution is -2.37. The molecule has 4 heteroatoms. The van der Waals surface area contributed by atoms with E-state index in [9.17, 15) is 4.79 Å². The topological polar surface area (TPSA) is 46.5 Å². The summed E-state index contributed by atoms with van der Waals surface area (Å²) < 4.78 is 5.82. The molecule has 1 heterocycles. The summed E-state index contributed by atoms with van der Waals surface area (Å²) in [5, 5.41) is 8.94. The van der Waals surface area contributed by atoms with Crippen molar-refractivity contribution in [3.05, 3.63) is 0 Å². The van der Waals surface area contributed by atoms with E-state index in [4.69, 9.17) is 9.84 Å². The molecule has 1 fully saturated rings. The highest BCUT2D eigenvalue weighted by atomic mass is 28.3. The van der Waals surface area contributed by atoms with Crippen LogP contribution in [0.3, 0.4) is 0 Å². The van der Waals surface area contributed by atoms with Crippen molar-refractivity contribution in [3.63, 3.8) is 0 Å². The largest absolute Gasteiger partial charge is 0.481 e. The van der Waals surface area contributed by atoms with Crippen LogP contribution in [0.25, 0.3) is 0 Å². The number of carboxylic acid groups (broad SMARTS) is 1. The minimum Gasteiger partial charge on any atom is -0.481 e. The Morgan fingerprint density at radius 3 is 2.40 bits per heavy atom. The quantitative estimate of drug-likeness (QED) is 0.755. The number of hydrogen-bond donors (Lipinski definition) is 1. The number of carbonyl (C=O) groups is 1. The Labute approximate surface area is 92.8 Å². The minimum absolute atomic E-state index is 0.183. The van der Waals surface area contributed by atoms with Crippen LogP contribution in [0.1, 0.15) is 26.2 Å². The molecule has 3 nitrogen and oxygen atoms in total. The van der Waals surface area contributed by atoms with Gasteiger partial charge in [0.15, 0.2) is 0 Å². The van der Waals surface area contributed by atoms with Crippen LogP contribution in [-0.4, -0.2) is 31.4 Å². The maximum atomic E-state index is 10.9. The zero-order valence-electron chi connectivity index (χ0n) is 10.1. The third-order valence-corrected chi connectivity index (χ3v) is 6.02. The molecule has 0 saturated carbocycles. The van der Waals surface area contributed by atoms with Crippen molar-refractivity contribution in [2.24, 2.45) is 0 Å². The summed E-state index contributed by atoms with van der Waals surface area (Å²) >= 11 is 0. The van der Waals surface area contributed by atoms with Gasteiger partial charge in [0.25, 0.3) is 0 Å². The molecule has 0 aromatic rings. The van der Waals surface area contributed by atoms with Crippen molar-refractivity contribution in [1.29, 1.82) is 0 Å². The molecule has 1 rings (SSSR count). The Kier molecular flexibility index (Phi) is 3.95. The van der Waals surface area contributed by atoms with Gasteiger partial charge in [0.1, 0.15) is 0 Å². The predicted molar refractivity (Wildman–Crippen MR) is 62.9 cm³/mol. The second-order valence-corrected chi connectivity index (χ2v) is 11.1. The Balaban J connectivity index is 2.68. The van der Waals surface area contributed by atoms with Crippen LogP contribution in [-0.2, 0) is 9.53 Å². The van der Waals surface area contributed by atoms with Crippen molar-refractivity contribution in [1.82, 2.24) is 0 Å². The van der Waals surface area contributed by atoms with Gasteiger partial charge in [-0.05, 0) is 25.3 Å².